The van der Waals surface area contributed by atoms with E-state index in [2.05, 4.69) is 31.0 Å². The summed E-state index contributed by atoms with van der Waals surface area (Å²) in [5.41, 5.74) is 1.34. The zero-order valence-electron chi connectivity index (χ0n) is 20.4. The molecule has 0 aliphatic rings. The van der Waals surface area contributed by atoms with E-state index in [0.717, 1.165) is 18.2 Å². The molecular formula is C26H22F5N7O. The summed E-state index contributed by atoms with van der Waals surface area (Å²) in [6.07, 6.45) is 1.08. The van der Waals surface area contributed by atoms with Gasteiger partial charge in [-0.05, 0) is 35.4 Å². The van der Waals surface area contributed by atoms with E-state index in [4.69, 9.17) is 0 Å². The molecule has 8 nitrogen and oxygen atoms in total. The van der Waals surface area contributed by atoms with Crippen LogP contribution in [0.15, 0.2) is 73.2 Å². The lowest BCUT2D eigenvalue weighted by Gasteiger charge is -2.15. The van der Waals surface area contributed by atoms with Crippen LogP contribution in [0.4, 0.5) is 50.8 Å². The number of aromatic nitrogens is 4. The first-order valence-electron chi connectivity index (χ1n) is 11.5. The quantitative estimate of drug-likeness (QED) is 0.162. The number of halogens is 5. The molecule has 0 spiro atoms. The summed E-state index contributed by atoms with van der Waals surface area (Å²) in [5.74, 6) is -1.03. The first kappa shape index (κ1) is 27.2. The van der Waals surface area contributed by atoms with Crippen LogP contribution in [0.25, 0.3) is 11.1 Å². The van der Waals surface area contributed by atoms with Gasteiger partial charge in [0, 0.05) is 36.8 Å². The zero-order chi connectivity index (χ0) is 27.9. The van der Waals surface area contributed by atoms with Crippen molar-refractivity contribution in [2.24, 2.45) is 7.05 Å². The van der Waals surface area contributed by atoms with Crippen LogP contribution in [-0.4, -0.2) is 38.8 Å². The number of aryl methyl sites for hydroxylation is 1. The summed E-state index contributed by atoms with van der Waals surface area (Å²) in [7, 11) is 1.73. The lowest BCUT2D eigenvalue weighted by molar-refractivity contribution is -0.111. The van der Waals surface area contributed by atoms with Gasteiger partial charge in [0.05, 0.1) is 17.6 Å². The van der Waals surface area contributed by atoms with Gasteiger partial charge in [-0.2, -0.15) is 10.1 Å². The second kappa shape index (κ2) is 12.2. The first-order valence-corrected chi connectivity index (χ1v) is 11.5. The van der Waals surface area contributed by atoms with Gasteiger partial charge in [-0.15, -0.1) is 0 Å². The highest BCUT2D eigenvalue weighted by atomic mass is 19.3. The number of benzene rings is 2. The molecule has 0 aliphatic heterocycles. The Morgan fingerprint density at radius 1 is 1.05 bits per heavy atom. The third-order valence-electron chi connectivity index (χ3n) is 5.36. The molecular weight excluding hydrogens is 521 g/mol. The van der Waals surface area contributed by atoms with Gasteiger partial charge >= 0.3 is 0 Å². The van der Waals surface area contributed by atoms with Crippen molar-refractivity contribution in [3.63, 3.8) is 0 Å². The van der Waals surface area contributed by atoms with Crippen molar-refractivity contribution in [2.75, 3.05) is 22.6 Å². The Hall–Kier alpha value is -4.81. The third-order valence-corrected chi connectivity index (χ3v) is 5.36. The normalized spacial score (nSPS) is 12.1. The standard InChI is InChI=1S/C26H22F5N7O/c1-38-14-18(12-33-38)35-26-32-13-19(15-4-6-16(7-5-15)23(29)24(30)31)25(37-26)36-21-11-17(8-9-20(21)28)34-22(39)3-2-10-27/h2-9,11-14,23-24H,10H2,1H3,(H,34,39)(H2,32,35,36,37)/b3-2+. The minimum Gasteiger partial charge on any atom is -0.337 e. The maximum Gasteiger partial charge on any atom is 0.273 e. The Morgan fingerprint density at radius 3 is 2.49 bits per heavy atom. The van der Waals surface area contributed by atoms with Crippen LogP contribution in [0.5, 0.6) is 0 Å². The van der Waals surface area contributed by atoms with E-state index in [0.29, 0.717) is 16.8 Å². The molecule has 0 aliphatic carbocycles. The highest BCUT2D eigenvalue weighted by molar-refractivity contribution is 5.99. The minimum atomic E-state index is -3.17. The number of anilines is 5. The van der Waals surface area contributed by atoms with E-state index in [1.54, 1.807) is 24.1 Å². The van der Waals surface area contributed by atoms with Gasteiger partial charge in [0.2, 0.25) is 11.9 Å². The number of rotatable bonds is 10. The fourth-order valence-electron chi connectivity index (χ4n) is 3.52. The molecule has 0 bridgehead atoms. The topological polar surface area (TPSA) is 96.8 Å². The van der Waals surface area contributed by atoms with Crippen LogP contribution >= 0.6 is 0 Å². The summed E-state index contributed by atoms with van der Waals surface area (Å²) in [6.45, 7) is -0.815. The van der Waals surface area contributed by atoms with Gasteiger partial charge in [-0.3, -0.25) is 9.48 Å². The van der Waals surface area contributed by atoms with Gasteiger partial charge in [-0.25, -0.2) is 26.9 Å². The van der Waals surface area contributed by atoms with Crippen LogP contribution < -0.4 is 16.0 Å². The third kappa shape index (κ3) is 6.94. The van der Waals surface area contributed by atoms with Crippen molar-refractivity contribution in [3.05, 3.63) is 84.6 Å². The predicted octanol–water partition coefficient (Wildman–Crippen LogP) is 6.24. The molecule has 13 heteroatoms. The van der Waals surface area contributed by atoms with E-state index < -0.39 is 31.0 Å². The Morgan fingerprint density at radius 2 is 1.82 bits per heavy atom. The Kier molecular flexibility index (Phi) is 8.49. The summed E-state index contributed by atoms with van der Waals surface area (Å²) < 4.78 is 68.0. The van der Waals surface area contributed by atoms with E-state index in [1.807, 2.05) is 0 Å². The van der Waals surface area contributed by atoms with Crippen molar-refractivity contribution in [2.45, 2.75) is 12.6 Å². The van der Waals surface area contributed by atoms with E-state index in [1.165, 1.54) is 42.6 Å². The molecule has 1 unspecified atom stereocenters. The number of carbonyl (C=O) groups excluding carboxylic acids is 1. The van der Waals surface area contributed by atoms with Crippen molar-refractivity contribution in [3.8, 4) is 11.1 Å². The molecule has 202 valence electrons. The fourth-order valence-corrected chi connectivity index (χ4v) is 3.52. The van der Waals surface area contributed by atoms with Crippen molar-refractivity contribution >= 4 is 34.7 Å². The number of nitrogens with one attached hydrogen (secondary N) is 3. The van der Waals surface area contributed by atoms with Crippen molar-refractivity contribution in [1.82, 2.24) is 19.7 Å². The van der Waals surface area contributed by atoms with Gasteiger partial charge < -0.3 is 16.0 Å². The van der Waals surface area contributed by atoms with Gasteiger partial charge in [-0.1, -0.05) is 24.3 Å². The van der Waals surface area contributed by atoms with E-state index in [-0.39, 0.29) is 28.7 Å². The molecule has 0 fully saturated rings. The molecule has 4 rings (SSSR count). The van der Waals surface area contributed by atoms with Crippen molar-refractivity contribution in [1.29, 1.82) is 0 Å². The summed E-state index contributed by atoms with van der Waals surface area (Å²) in [4.78, 5) is 20.6. The van der Waals surface area contributed by atoms with Crippen LogP contribution in [0, 0.1) is 5.82 Å². The number of nitrogens with zero attached hydrogens (tertiary/aromatic N) is 4. The molecule has 39 heavy (non-hydrogen) atoms. The van der Waals surface area contributed by atoms with Crippen LogP contribution in [0.3, 0.4) is 0 Å². The molecule has 0 radical (unpaired) electrons. The maximum absolute atomic E-state index is 14.8. The molecule has 0 saturated heterocycles. The van der Waals surface area contributed by atoms with Gasteiger partial charge in [0.15, 0.2) is 6.17 Å². The molecule has 4 aromatic rings. The number of carbonyl (C=O) groups is 1. The Balaban J connectivity index is 1.69. The average Bonchev–Trinajstić information content (AvgIpc) is 3.33. The molecule has 0 saturated carbocycles. The Bertz CT molecular complexity index is 1470. The second-order valence-electron chi connectivity index (χ2n) is 8.21. The van der Waals surface area contributed by atoms with Crippen LogP contribution in [0.2, 0.25) is 0 Å². The molecule has 3 N–H and O–H groups in total. The number of amides is 1. The SMILES string of the molecule is Cn1cc(Nc2ncc(-c3ccc(C(F)C(F)F)cc3)c(Nc3cc(NC(=O)/C=C/CF)ccc3F)n2)cn1. The monoisotopic (exact) mass is 543 g/mol. The lowest BCUT2D eigenvalue weighted by atomic mass is 10.0. The van der Waals surface area contributed by atoms with Gasteiger partial charge in [0.1, 0.15) is 18.3 Å². The maximum atomic E-state index is 14.8. The highest BCUT2D eigenvalue weighted by Gasteiger charge is 2.21. The van der Waals surface area contributed by atoms with Crippen LogP contribution in [0.1, 0.15) is 11.7 Å². The van der Waals surface area contributed by atoms with E-state index >= 15 is 0 Å². The molecule has 2 heterocycles. The number of hydrogen-bond donors (Lipinski definition) is 3. The molecule has 2 aromatic heterocycles. The lowest BCUT2D eigenvalue weighted by Crippen LogP contribution is -2.09. The number of allylic oxidation sites excluding steroid dienone is 1. The van der Waals surface area contributed by atoms with Crippen LogP contribution in [-0.2, 0) is 11.8 Å². The molecule has 1 amide bonds. The number of alkyl halides is 4. The fraction of sp³-hybridized carbons (Fsp3) is 0.154. The molecule has 2 aromatic carbocycles. The molecule has 1 atom stereocenters. The smallest absolute Gasteiger partial charge is 0.273 e. The highest BCUT2D eigenvalue weighted by Crippen LogP contribution is 2.33. The van der Waals surface area contributed by atoms with Gasteiger partial charge in [0.25, 0.3) is 6.43 Å². The number of hydrogen-bond acceptors (Lipinski definition) is 6. The Labute approximate surface area is 219 Å². The summed E-state index contributed by atoms with van der Waals surface area (Å²) >= 11 is 0. The van der Waals surface area contributed by atoms with Crippen molar-refractivity contribution < 1.29 is 26.7 Å². The summed E-state index contributed by atoms with van der Waals surface area (Å²) in [6, 6.07) is 9.05. The first-order chi connectivity index (χ1) is 18.7. The zero-order valence-corrected chi connectivity index (χ0v) is 20.4. The minimum absolute atomic E-state index is 0.0623. The second-order valence-corrected chi connectivity index (χ2v) is 8.21. The largest absolute Gasteiger partial charge is 0.337 e. The average molecular weight is 544 g/mol. The summed E-state index contributed by atoms with van der Waals surface area (Å²) in [5, 5.41) is 12.4. The van der Waals surface area contributed by atoms with E-state index in [9.17, 15) is 26.7 Å². The predicted molar refractivity (Wildman–Crippen MR) is 137 cm³/mol.